The van der Waals surface area contributed by atoms with E-state index >= 15 is 0 Å². The van der Waals surface area contributed by atoms with Gasteiger partial charge in [-0.25, -0.2) is 13.2 Å². The van der Waals surface area contributed by atoms with Gasteiger partial charge in [-0.05, 0) is 47.9 Å². The van der Waals surface area contributed by atoms with Gasteiger partial charge in [0.05, 0.1) is 0 Å². The topological polar surface area (TPSA) is 45.0 Å². The van der Waals surface area contributed by atoms with Crippen LogP contribution in [0.1, 0.15) is 30.5 Å². The molecule has 0 saturated heterocycles. The molecule has 2 aromatic carbocycles. The van der Waals surface area contributed by atoms with Crippen molar-refractivity contribution in [3.8, 4) is 22.9 Å². The van der Waals surface area contributed by atoms with Crippen LogP contribution in [0.4, 0.5) is 13.2 Å². The molecule has 152 valence electrons. The Morgan fingerprint density at radius 2 is 1.86 bits per heavy atom. The normalized spacial score (nSPS) is 13.2. The maximum absolute atomic E-state index is 13.9. The van der Waals surface area contributed by atoms with E-state index in [4.69, 9.17) is 4.74 Å². The Hall–Kier alpha value is -3.20. The minimum Gasteiger partial charge on any atom is -0.461 e. The van der Waals surface area contributed by atoms with E-state index in [2.05, 4.69) is 11.9 Å². The first-order valence-corrected chi connectivity index (χ1v) is 9.00. The second kappa shape index (κ2) is 8.87. The van der Waals surface area contributed by atoms with E-state index in [1.165, 1.54) is 25.1 Å². The minimum atomic E-state index is -3.00. The first kappa shape index (κ1) is 22.1. The van der Waals surface area contributed by atoms with Crippen molar-refractivity contribution in [1.29, 1.82) is 5.26 Å². The van der Waals surface area contributed by atoms with Crippen LogP contribution >= 0.6 is 0 Å². The number of nitrogens with one attached hydrogen (secondary N) is 1. The molecule has 6 heteroatoms. The highest BCUT2D eigenvalue weighted by molar-refractivity contribution is 5.82. The monoisotopic (exact) mass is 400 g/mol. The molecule has 3 nitrogen and oxygen atoms in total. The van der Waals surface area contributed by atoms with E-state index < -0.39 is 12.3 Å². The van der Waals surface area contributed by atoms with Crippen LogP contribution < -0.4 is 10.1 Å². The third kappa shape index (κ3) is 5.41. The highest BCUT2D eigenvalue weighted by atomic mass is 19.3. The van der Waals surface area contributed by atoms with E-state index in [0.717, 1.165) is 6.92 Å². The first-order chi connectivity index (χ1) is 13.6. The van der Waals surface area contributed by atoms with Gasteiger partial charge in [0.2, 0.25) is 6.36 Å². The molecule has 0 radical (unpaired) electrons. The quantitative estimate of drug-likeness (QED) is 0.451. The Morgan fingerprint density at radius 3 is 2.38 bits per heavy atom. The minimum absolute atomic E-state index is 0.119. The van der Waals surface area contributed by atoms with E-state index in [9.17, 15) is 18.4 Å². The molecule has 0 amide bonds. The summed E-state index contributed by atoms with van der Waals surface area (Å²) in [6.07, 6.45) is -0.0689. The fourth-order valence-electron chi connectivity index (χ4n) is 3.00. The van der Waals surface area contributed by atoms with Crippen molar-refractivity contribution in [3.05, 3.63) is 71.4 Å². The van der Waals surface area contributed by atoms with Crippen LogP contribution in [0.15, 0.2) is 54.8 Å². The Morgan fingerprint density at radius 1 is 1.21 bits per heavy atom. The molecule has 0 aliphatic rings. The average Bonchev–Trinajstić information content (AvgIpc) is 2.64. The summed E-state index contributed by atoms with van der Waals surface area (Å²) >= 11 is 0. The maximum Gasteiger partial charge on any atom is 0.270 e. The lowest BCUT2D eigenvalue weighted by atomic mass is 9.94. The van der Waals surface area contributed by atoms with Crippen molar-refractivity contribution in [2.24, 2.45) is 0 Å². The maximum atomic E-state index is 13.9. The predicted molar refractivity (Wildman–Crippen MR) is 109 cm³/mol. The number of nitriles is 1. The number of ether oxygens (including phenoxy) is 1. The van der Waals surface area contributed by atoms with Gasteiger partial charge in [0.1, 0.15) is 17.5 Å². The van der Waals surface area contributed by atoms with Gasteiger partial charge >= 0.3 is 0 Å². The number of hydrogen-bond donors (Lipinski definition) is 1. The second-order valence-electron chi connectivity index (χ2n) is 6.74. The van der Waals surface area contributed by atoms with Gasteiger partial charge in [0, 0.05) is 32.0 Å². The lowest BCUT2D eigenvalue weighted by Gasteiger charge is -2.16. The van der Waals surface area contributed by atoms with E-state index in [-0.39, 0.29) is 17.0 Å². The highest BCUT2D eigenvalue weighted by Gasteiger charge is 2.25. The molecule has 1 N–H and O–H groups in total. The zero-order chi connectivity index (χ0) is 21.8. The summed E-state index contributed by atoms with van der Waals surface area (Å²) in [4.78, 5) is 0. The Bertz CT molecular complexity index is 983. The molecule has 29 heavy (non-hydrogen) atoms. The Kier molecular flexibility index (Phi) is 6.76. The first-order valence-electron chi connectivity index (χ1n) is 9.00. The van der Waals surface area contributed by atoms with Crippen LogP contribution in [0, 0.1) is 18.3 Å². The number of halogens is 3. The lowest BCUT2D eigenvalue weighted by molar-refractivity contribution is 0.0174. The van der Waals surface area contributed by atoms with Crippen molar-refractivity contribution in [2.75, 3.05) is 7.05 Å². The molecule has 0 spiro atoms. The molecule has 0 aromatic heterocycles. The molecule has 0 saturated carbocycles. The summed E-state index contributed by atoms with van der Waals surface area (Å²) in [5.74, 6) is -2.79. The van der Waals surface area contributed by atoms with Crippen LogP contribution in [0.25, 0.3) is 16.7 Å². The standard InChI is InChI=1S/C23H23F3N2O/c1-6-21(22(13-27)28-5)18-9-17(11-20(12-18)29-15(3)24)16-7-14(2)8-19(10-16)23(4,25)26/h6-12,15,28H,1H2,2-5H3/b22-21+. The average molecular weight is 400 g/mol. The molecule has 0 aliphatic heterocycles. The summed E-state index contributed by atoms with van der Waals surface area (Å²) in [5, 5.41) is 12.2. The molecule has 0 aliphatic carbocycles. The van der Waals surface area contributed by atoms with Gasteiger partial charge < -0.3 is 10.1 Å². The van der Waals surface area contributed by atoms with E-state index in [1.807, 2.05) is 6.07 Å². The van der Waals surface area contributed by atoms with Crippen LogP contribution in [-0.2, 0) is 5.92 Å². The van der Waals surface area contributed by atoms with Gasteiger partial charge in [0.15, 0.2) is 0 Å². The molecular formula is C23H23F3N2O. The van der Waals surface area contributed by atoms with Crippen LogP contribution in [0.3, 0.4) is 0 Å². The molecular weight excluding hydrogens is 377 g/mol. The van der Waals surface area contributed by atoms with Crippen molar-refractivity contribution >= 4 is 5.57 Å². The van der Waals surface area contributed by atoms with Gasteiger partial charge in [-0.1, -0.05) is 30.4 Å². The van der Waals surface area contributed by atoms with Crippen molar-refractivity contribution in [1.82, 2.24) is 5.32 Å². The smallest absolute Gasteiger partial charge is 0.270 e. The predicted octanol–water partition coefficient (Wildman–Crippen LogP) is 6.11. The second-order valence-corrected chi connectivity index (χ2v) is 6.74. The number of aryl methyl sites for hydroxylation is 1. The summed E-state index contributed by atoms with van der Waals surface area (Å²) in [7, 11) is 1.60. The number of hydrogen-bond acceptors (Lipinski definition) is 3. The number of nitrogens with zero attached hydrogens (tertiary/aromatic N) is 1. The molecule has 2 rings (SSSR count). The van der Waals surface area contributed by atoms with Crippen LogP contribution in [0.2, 0.25) is 0 Å². The number of alkyl halides is 3. The summed E-state index contributed by atoms with van der Waals surface area (Å²) in [5.41, 5.74) is 2.93. The van der Waals surface area contributed by atoms with E-state index in [0.29, 0.717) is 27.8 Å². The molecule has 0 fully saturated rings. The number of benzene rings is 2. The highest BCUT2D eigenvalue weighted by Crippen LogP contribution is 2.35. The molecule has 0 heterocycles. The van der Waals surface area contributed by atoms with Crippen molar-refractivity contribution < 1.29 is 17.9 Å². The largest absolute Gasteiger partial charge is 0.461 e. The van der Waals surface area contributed by atoms with Crippen LogP contribution in [0.5, 0.6) is 5.75 Å². The molecule has 1 atom stereocenters. The fraction of sp³-hybridized carbons (Fsp3) is 0.261. The SMILES string of the molecule is C=C/C(=C(/C#N)NC)c1cc(OC(C)F)cc(-c2cc(C)cc(C(C)(F)F)c2)c1. The van der Waals surface area contributed by atoms with Gasteiger partial charge in [-0.3, -0.25) is 0 Å². The Balaban J connectivity index is 2.76. The molecule has 2 aromatic rings. The summed E-state index contributed by atoms with van der Waals surface area (Å²) in [6, 6.07) is 11.5. The molecule has 0 bridgehead atoms. The summed E-state index contributed by atoms with van der Waals surface area (Å²) < 4.78 is 46.5. The zero-order valence-corrected chi connectivity index (χ0v) is 16.8. The van der Waals surface area contributed by atoms with Gasteiger partial charge in [-0.2, -0.15) is 5.26 Å². The number of rotatable bonds is 7. The third-order valence-electron chi connectivity index (χ3n) is 4.27. The van der Waals surface area contributed by atoms with Crippen molar-refractivity contribution in [3.63, 3.8) is 0 Å². The van der Waals surface area contributed by atoms with E-state index in [1.54, 1.807) is 38.2 Å². The van der Waals surface area contributed by atoms with Crippen LogP contribution in [-0.4, -0.2) is 13.4 Å². The van der Waals surface area contributed by atoms with Crippen molar-refractivity contribution in [2.45, 2.75) is 33.1 Å². The van der Waals surface area contributed by atoms with Gasteiger partial charge in [-0.15, -0.1) is 0 Å². The third-order valence-corrected chi connectivity index (χ3v) is 4.27. The zero-order valence-electron chi connectivity index (χ0n) is 16.8. The number of allylic oxidation sites excluding steroid dienone is 3. The molecule has 1 unspecified atom stereocenters. The van der Waals surface area contributed by atoms with Gasteiger partial charge in [0.25, 0.3) is 5.92 Å². The lowest BCUT2D eigenvalue weighted by Crippen LogP contribution is -2.08. The fourth-order valence-corrected chi connectivity index (χ4v) is 3.00. The summed E-state index contributed by atoms with van der Waals surface area (Å²) in [6.45, 7) is 7.56. The Labute approximate surface area is 169 Å².